The Labute approximate surface area is 189 Å². The largest absolute Gasteiger partial charge is 0.504 e. The molecule has 176 valence electrons. The number of esters is 2. The summed E-state index contributed by atoms with van der Waals surface area (Å²) in [7, 11) is 1.47. The second kappa shape index (κ2) is 10.8. The van der Waals surface area contributed by atoms with Crippen LogP contribution >= 0.6 is 0 Å². The molecule has 8 heteroatoms. The molecule has 0 bridgehead atoms. The highest BCUT2D eigenvalue weighted by molar-refractivity contribution is 5.98. The van der Waals surface area contributed by atoms with Crippen LogP contribution in [0.4, 0.5) is 0 Å². The molecular weight excluding hydrogens is 414 g/mol. The predicted molar refractivity (Wildman–Crippen MR) is 118 cm³/mol. The highest BCUT2D eigenvalue weighted by atomic mass is 16.5. The van der Waals surface area contributed by atoms with Gasteiger partial charge in [0.15, 0.2) is 11.5 Å². The van der Waals surface area contributed by atoms with Gasteiger partial charge in [0.05, 0.1) is 20.3 Å². The van der Waals surface area contributed by atoms with E-state index in [1.165, 1.54) is 7.11 Å². The third kappa shape index (κ3) is 5.42. The molecule has 32 heavy (non-hydrogen) atoms. The Hall–Kier alpha value is -2.58. The van der Waals surface area contributed by atoms with Gasteiger partial charge >= 0.3 is 11.9 Å². The molecule has 1 saturated heterocycles. The molecule has 1 aromatic rings. The standard InChI is InChI=1S/C24H33NO7/c1-15(6-8-20(26)31-12-10-25-9-11-30-13-16(25)2)5-7-18-17(3)19-14-32-24(28)21(19)22(27)23(18)29-4/h5,16,27H,6-14H2,1-4H3/b15-5+/t16-/m1/s1. The summed E-state index contributed by atoms with van der Waals surface area (Å²) in [6.45, 7) is 9.53. The quantitative estimate of drug-likeness (QED) is 0.456. The lowest BCUT2D eigenvalue weighted by molar-refractivity contribution is -0.144. The third-order valence-electron chi connectivity index (χ3n) is 6.21. The van der Waals surface area contributed by atoms with Crippen LogP contribution in [0.2, 0.25) is 0 Å². The van der Waals surface area contributed by atoms with Gasteiger partial charge in [0, 0.05) is 36.7 Å². The minimum atomic E-state index is -0.529. The lowest BCUT2D eigenvalue weighted by Crippen LogP contribution is -2.45. The fourth-order valence-electron chi connectivity index (χ4n) is 4.14. The average Bonchev–Trinajstić information content (AvgIpc) is 3.17. The number of carbonyl (C=O) groups is 2. The summed E-state index contributed by atoms with van der Waals surface area (Å²) >= 11 is 0. The molecule has 1 atom stereocenters. The number of allylic oxidation sites excluding steroid dienone is 2. The Morgan fingerprint density at radius 1 is 1.34 bits per heavy atom. The molecule has 0 radical (unpaired) electrons. The number of phenolic OH excluding ortho intramolecular Hbond substituents is 1. The van der Waals surface area contributed by atoms with E-state index >= 15 is 0 Å². The molecule has 8 nitrogen and oxygen atoms in total. The maximum Gasteiger partial charge on any atom is 0.342 e. The third-order valence-corrected chi connectivity index (χ3v) is 6.21. The number of fused-ring (bicyclic) bond motifs is 1. The molecule has 0 aliphatic carbocycles. The SMILES string of the molecule is COc1c(O)c2c(c(C)c1C/C=C(\C)CCC(=O)OCCN1CCOC[C@H]1C)COC2=O. The molecule has 0 amide bonds. The van der Waals surface area contributed by atoms with Crippen LogP contribution in [0.5, 0.6) is 11.5 Å². The summed E-state index contributed by atoms with van der Waals surface area (Å²) in [5.41, 5.74) is 3.62. The van der Waals surface area contributed by atoms with Gasteiger partial charge in [-0.3, -0.25) is 9.69 Å². The Morgan fingerprint density at radius 2 is 2.12 bits per heavy atom. The first kappa shape index (κ1) is 24.1. The smallest absolute Gasteiger partial charge is 0.342 e. The molecule has 3 rings (SSSR count). The van der Waals surface area contributed by atoms with Crippen molar-refractivity contribution >= 4 is 11.9 Å². The molecule has 0 aromatic heterocycles. The fourth-order valence-corrected chi connectivity index (χ4v) is 4.14. The van der Waals surface area contributed by atoms with Gasteiger partial charge in [-0.1, -0.05) is 11.6 Å². The van der Waals surface area contributed by atoms with E-state index in [9.17, 15) is 14.7 Å². The first-order valence-corrected chi connectivity index (χ1v) is 11.0. The summed E-state index contributed by atoms with van der Waals surface area (Å²) in [5.74, 6) is -0.618. The normalized spacial score (nSPS) is 18.9. The minimum absolute atomic E-state index is 0.155. The van der Waals surface area contributed by atoms with Crippen LogP contribution < -0.4 is 4.74 Å². The van der Waals surface area contributed by atoms with Crippen molar-refractivity contribution in [1.82, 2.24) is 4.90 Å². The van der Waals surface area contributed by atoms with E-state index in [0.717, 1.165) is 36.4 Å². The molecule has 0 saturated carbocycles. The van der Waals surface area contributed by atoms with Gasteiger partial charge in [-0.05, 0) is 39.2 Å². The van der Waals surface area contributed by atoms with Crippen molar-refractivity contribution < 1.29 is 33.6 Å². The zero-order valence-electron chi connectivity index (χ0n) is 19.4. The molecule has 2 heterocycles. The van der Waals surface area contributed by atoms with E-state index in [-0.39, 0.29) is 23.9 Å². The number of nitrogens with zero attached hydrogens (tertiary/aromatic N) is 1. The molecule has 0 spiro atoms. The number of aromatic hydroxyl groups is 1. The number of benzene rings is 1. The molecule has 1 N–H and O–H groups in total. The van der Waals surface area contributed by atoms with E-state index in [1.807, 2.05) is 19.9 Å². The average molecular weight is 448 g/mol. The Morgan fingerprint density at radius 3 is 2.84 bits per heavy atom. The van der Waals surface area contributed by atoms with Crippen molar-refractivity contribution in [2.45, 2.75) is 52.7 Å². The number of methoxy groups -OCH3 is 1. The van der Waals surface area contributed by atoms with Gasteiger partial charge in [-0.25, -0.2) is 4.79 Å². The van der Waals surface area contributed by atoms with Crippen molar-refractivity contribution in [1.29, 1.82) is 0 Å². The van der Waals surface area contributed by atoms with Crippen LogP contribution in [0.15, 0.2) is 11.6 Å². The Bertz CT molecular complexity index is 893. The van der Waals surface area contributed by atoms with E-state index < -0.39 is 5.97 Å². The van der Waals surface area contributed by atoms with Gasteiger partial charge < -0.3 is 24.1 Å². The highest BCUT2D eigenvalue weighted by Crippen LogP contribution is 2.42. The summed E-state index contributed by atoms with van der Waals surface area (Å²) < 4.78 is 21.3. The van der Waals surface area contributed by atoms with Gasteiger partial charge in [0.25, 0.3) is 0 Å². The first-order valence-electron chi connectivity index (χ1n) is 11.0. The molecule has 2 aliphatic heterocycles. The number of carbonyl (C=O) groups excluding carboxylic acids is 2. The van der Waals surface area contributed by atoms with Crippen LogP contribution in [0.25, 0.3) is 0 Å². The number of hydrogen-bond acceptors (Lipinski definition) is 8. The maximum atomic E-state index is 12.1. The van der Waals surface area contributed by atoms with Crippen molar-refractivity contribution in [3.8, 4) is 11.5 Å². The van der Waals surface area contributed by atoms with Crippen LogP contribution in [0, 0.1) is 6.92 Å². The number of cyclic esters (lactones) is 1. The van der Waals surface area contributed by atoms with E-state index in [2.05, 4.69) is 11.8 Å². The van der Waals surface area contributed by atoms with Crippen molar-refractivity contribution in [3.05, 3.63) is 33.9 Å². The van der Waals surface area contributed by atoms with Gasteiger partial charge in [0.1, 0.15) is 18.8 Å². The second-order valence-electron chi connectivity index (χ2n) is 8.35. The monoisotopic (exact) mass is 447 g/mol. The number of morpholine rings is 1. The van der Waals surface area contributed by atoms with E-state index in [0.29, 0.717) is 49.8 Å². The highest BCUT2D eigenvalue weighted by Gasteiger charge is 2.32. The lowest BCUT2D eigenvalue weighted by Gasteiger charge is -2.32. The van der Waals surface area contributed by atoms with Crippen LogP contribution in [0.3, 0.4) is 0 Å². The maximum absolute atomic E-state index is 12.1. The topological polar surface area (TPSA) is 94.5 Å². The van der Waals surface area contributed by atoms with E-state index in [1.54, 1.807) is 0 Å². The predicted octanol–water partition coefficient (Wildman–Crippen LogP) is 2.91. The summed E-state index contributed by atoms with van der Waals surface area (Å²) in [5, 5.41) is 10.5. The molecule has 2 aliphatic rings. The number of ether oxygens (including phenoxy) is 4. The second-order valence-corrected chi connectivity index (χ2v) is 8.35. The summed E-state index contributed by atoms with van der Waals surface area (Å²) in [6.07, 6.45) is 3.43. The fraction of sp³-hybridized carbons (Fsp3) is 0.583. The lowest BCUT2D eigenvalue weighted by atomic mass is 9.93. The number of rotatable bonds is 9. The zero-order chi connectivity index (χ0) is 23.3. The van der Waals surface area contributed by atoms with Crippen molar-refractivity contribution in [2.24, 2.45) is 0 Å². The van der Waals surface area contributed by atoms with Crippen LogP contribution in [-0.4, -0.2) is 68.0 Å². The summed E-state index contributed by atoms with van der Waals surface area (Å²) in [6, 6.07) is 0.344. The molecular formula is C24H33NO7. The van der Waals surface area contributed by atoms with Gasteiger partial charge in [0.2, 0.25) is 0 Å². The summed E-state index contributed by atoms with van der Waals surface area (Å²) in [4.78, 5) is 26.3. The Balaban J connectivity index is 1.52. The van der Waals surface area contributed by atoms with Crippen molar-refractivity contribution in [3.63, 3.8) is 0 Å². The van der Waals surface area contributed by atoms with Crippen LogP contribution in [-0.2, 0) is 32.0 Å². The molecule has 1 aromatic carbocycles. The van der Waals surface area contributed by atoms with E-state index in [4.69, 9.17) is 18.9 Å². The van der Waals surface area contributed by atoms with Crippen LogP contribution in [0.1, 0.15) is 53.7 Å². The van der Waals surface area contributed by atoms with Crippen molar-refractivity contribution in [2.75, 3.05) is 40.0 Å². The molecule has 1 fully saturated rings. The zero-order valence-corrected chi connectivity index (χ0v) is 19.4. The number of phenols is 1. The first-order chi connectivity index (χ1) is 15.3. The van der Waals surface area contributed by atoms with Gasteiger partial charge in [-0.15, -0.1) is 0 Å². The molecule has 0 unspecified atom stereocenters. The number of hydrogen-bond donors (Lipinski definition) is 1. The Kier molecular flexibility index (Phi) is 8.15. The minimum Gasteiger partial charge on any atom is -0.504 e. The van der Waals surface area contributed by atoms with Gasteiger partial charge in [-0.2, -0.15) is 0 Å².